The van der Waals surface area contributed by atoms with Crippen LogP contribution in [-0.2, 0) is 0 Å². The summed E-state index contributed by atoms with van der Waals surface area (Å²) < 4.78 is 5.63. The highest BCUT2D eigenvalue weighted by molar-refractivity contribution is 5.79. The number of fused-ring (bicyclic) bond motifs is 1. The van der Waals surface area contributed by atoms with Gasteiger partial charge in [-0.2, -0.15) is 0 Å². The molecule has 3 rings (SSSR count). The topological polar surface area (TPSA) is 33.4 Å². The average molecular weight is 216 g/mol. The zero-order valence-corrected chi connectivity index (χ0v) is 9.44. The predicted octanol–water partition coefficient (Wildman–Crippen LogP) is 3.75. The van der Waals surface area contributed by atoms with E-state index in [-0.39, 0.29) is 0 Å². The fraction of sp³-hybridized carbons (Fsp3) is 0.429. The summed E-state index contributed by atoms with van der Waals surface area (Å²) in [5, 5.41) is 10.8. The molecule has 0 spiro atoms. The predicted molar refractivity (Wildman–Crippen MR) is 63.4 cm³/mol. The second-order valence-electron chi connectivity index (χ2n) is 4.64. The van der Waals surface area contributed by atoms with Crippen molar-refractivity contribution < 1.29 is 9.52 Å². The van der Waals surface area contributed by atoms with Crippen LogP contribution >= 0.6 is 0 Å². The fourth-order valence-corrected chi connectivity index (χ4v) is 2.12. The Morgan fingerprint density at radius 3 is 2.88 bits per heavy atom. The number of aliphatic hydroxyl groups excluding tert-OH is 1. The van der Waals surface area contributed by atoms with E-state index in [1.807, 2.05) is 19.1 Å². The van der Waals surface area contributed by atoms with Crippen LogP contribution in [0.2, 0.25) is 0 Å². The summed E-state index contributed by atoms with van der Waals surface area (Å²) in [5.74, 6) is 1.45. The lowest BCUT2D eigenvalue weighted by atomic mass is 10.1. The van der Waals surface area contributed by atoms with Gasteiger partial charge in [0.05, 0.1) is 0 Å². The second-order valence-corrected chi connectivity index (χ2v) is 4.64. The van der Waals surface area contributed by atoms with Crippen molar-refractivity contribution in [2.24, 2.45) is 0 Å². The van der Waals surface area contributed by atoms with Crippen LogP contribution in [-0.4, -0.2) is 5.11 Å². The van der Waals surface area contributed by atoms with Gasteiger partial charge in [-0.3, -0.25) is 0 Å². The first-order valence-corrected chi connectivity index (χ1v) is 5.99. The van der Waals surface area contributed by atoms with Crippen LogP contribution in [0.5, 0.6) is 0 Å². The van der Waals surface area contributed by atoms with Gasteiger partial charge in [0, 0.05) is 5.39 Å². The zero-order chi connectivity index (χ0) is 11.1. The standard InChI is InChI=1S/C14H16O2/c1-2-12(15)14-8-11-7-10(9-3-4-9)5-6-13(11)16-14/h5-9,12,15H,2-4H2,1H3. The lowest BCUT2D eigenvalue weighted by Gasteiger charge is -2.00. The molecule has 2 heteroatoms. The molecule has 1 atom stereocenters. The van der Waals surface area contributed by atoms with Crippen LogP contribution in [0.1, 0.15) is 49.5 Å². The van der Waals surface area contributed by atoms with Crippen molar-refractivity contribution in [1.82, 2.24) is 0 Å². The highest BCUT2D eigenvalue weighted by Gasteiger charge is 2.24. The molecule has 1 N–H and O–H groups in total. The molecule has 2 aromatic rings. The molecule has 0 radical (unpaired) electrons. The maximum absolute atomic E-state index is 9.73. The minimum atomic E-state index is -0.475. The third-order valence-corrected chi connectivity index (χ3v) is 3.32. The summed E-state index contributed by atoms with van der Waals surface area (Å²) in [4.78, 5) is 0. The van der Waals surface area contributed by atoms with Crippen LogP contribution in [0.15, 0.2) is 28.7 Å². The Morgan fingerprint density at radius 2 is 2.19 bits per heavy atom. The number of benzene rings is 1. The molecule has 2 nitrogen and oxygen atoms in total. The first kappa shape index (κ1) is 9.91. The number of rotatable bonds is 3. The molecule has 0 aliphatic heterocycles. The number of hydrogen-bond acceptors (Lipinski definition) is 2. The molecule has 1 aliphatic rings. The van der Waals surface area contributed by atoms with Gasteiger partial charge >= 0.3 is 0 Å². The second kappa shape index (κ2) is 3.63. The highest BCUT2D eigenvalue weighted by atomic mass is 16.4. The van der Waals surface area contributed by atoms with Crippen LogP contribution in [0, 0.1) is 0 Å². The van der Waals surface area contributed by atoms with Gasteiger partial charge < -0.3 is 9.52 Å². The number of furan rings is 1. The zero-order valence-electron chi connectivity index (χ0n) is 9.44. The van der Waals surface area contributed by atoms with Crippen molar-refractivity contribution in [2.75, 3.05) is 0 Å². The van der Waals surface area contributed by atoms with Crippen molar-refractivity contribution in [3.63, 3.8) is 0 Å². The van der Waals surface area contributed by atoms with E-state index >= 15 is 0 Å². The van der Waals surface area contributed by atoms with Crippen molar-refractivity contribution in [3.05, 3.63) is 35.6 Å². The van der Waals surface area contributed by atoms with Gasteiger partial charge in [-0.05, 0) is 48.9 Å². The molecule has 1 aromatic carbocycles. The van der Waals surface area contributed by atoms with Gasteiger partial charge in [0.25, 0.3) is 0 Å². The molecular weight excluding hydrogens is 200 g/mol. The fourth-order valence-electron chi connectivity index (χ4n) is 2.12. The molecule has 16 heavy (non-hydrogen) atoms. The van der Waals surface area contributed by atoms with Crippen molar-refractivity contribution in [2.45, 2.75) is 38.2 Å². The molecule has 1 aliphatic carbocycles. The van der Waals surface area contributed by atoms with E-state index < -0.39 is 6.10 Å². The van der Waals surface area contributed by atoms with Gasteiger partial charge in [0.2, 0.25) is 0 Å². The van der Waals surface area contributed by atoms with Crippen LogP contribution in [0.3, 0.4) is 0 Å². The summed E-state index contributed by atoms with van der Waals surface area (Å²) in [6, 6.07) is 8.33. The molecule has 0 bridgehead atoms. The number of hydrogen-bond donors (Lipinski definition) is 1. The summed E-state index contributed by atoms with van der Waals surface area (Å²) >= 11 is 0. The quantitative estimate of drug-likeness (QED) is 0.847. The van der Waals surface area contributed by atoms with Gasteiger partial charge in [0.1, 0.15) is 17.4 Å². The molecule has 84 valence electrons. The van der Waals surface area contributed by atoms with E-state index in [1.165, 1.54) is 18.4 Å². The summed E-state index contributed by atoms with van der Waals surface area (Å²) in [5.41, 5.74) is 2.29. The van der Waals surface area contributed by atoms with E-state index in [9.17, 15) is 5.11 Å². The molecule has 1 aromatic heterocycles. The molecule has 1 heterocycles. The van der Waals surface area contributed by atoms with Crippen molar-refractivity contribution >= 4 is 11.0 Å². The first-order valence-electron chi connectivity index (χ1n) is 5.99. The van der Waals surface area contributed by atoms with Crippen LogP contribution in [0.4, 0.5) is 0 Å². The molecule has 1 unspecified atom stereocenters. The van der Waals surface area contributed by atoms with Gasteiger partial charge in [0.15, 0.2) is 0 Å². The Balaban J connectivity index is 2.03. The van der Waals surface area contributed by atoms with E-state index in [4.69, 9.17) is 4.42 Å². The van der Waals surface area contributed by atoms with Crippen LogP contribution < -0.4 is 0 Å². The Bertz CT molecular complexity index is 508. The summed E-state index contributed by atoms with van der Waals surface area (Å²) in [6.45, 7) is 1.95. The minimum absolute atomic E-state index is 0.475. The monoisotopic (exact) mass is 216 g/mol. The average Bonchev–Trinajstić information content (AvgIpc) is 3.07. The van der Waals surface area contributed by atoms with E-state index in [2.05, 4.69) is 12.1 Å². The Morgan fingerprint density at radius 1 is 1.38 bits per heavy atom. The van der Waals surface area contributed by atoms with Gasteiger partial charge in [-0.1, -0.05) is 13.0 Å². The Kier molecular flexibility index (Phi) is 2.25. The highest BCUT2D eigenvalue weighted by Crippen LogP contribution is 2.41. The van der Waals surface area contributed by atoms with E-state index in [0.717, 1.165) is 16.9 Å². The van der Waals surface area contributed by atoms with Crippen molar-refractivity contribution in [1.29, 1.82) is 0 Å². The minimum Gasteiger partial charge on any atom is -0.458 e. The van der Waals surface area contributed by atoms with Crippen molar-refractivity contribution in [3.8, 4) is 0 Å². The molecule has 0 amide bonds. The molecule has 1 saturated carbocycles. The molecule has 1 fully saturated rings. The van der Waals surface area contributed by atoms with E-state index in [1.54, 1.807) is 0 Å². The summed E-state index contributed by atoms with van der Waals surface area (Å²) in [6.07, 6.45) is 2.84. The third kappa shape index (κ3) is 1.63. The molecular formula is C14H16O2. The smallest absolute Gasteiger partial charge is 0.134 e. The normalized spacial score (nSPS) is 17.9. The number of aliphatic hydroxyl groups is 1. The largest absolute Gasteiger partial charge is 0.458 e. The Hall–Kier alpha value is -1.28. The Labute approximate surface area is 94.9 Å². The maximum Gasteiger partial charge on any atom is 0.134 e. The van der Waals surface area contributed by atoms with E-state index in [0.29, 0.717) is 12.2 Å². The summed E-state index contributed by atoms with van der Waals surface area (Å²) in [7, 11) is 0. The van der Waals surface area contributed by atoms with Gasteiger partial charge in [-0.15, -0.1) is 0 Å². The lowest BCUT2D eigenvalue weighted by Crippen LogP contribution is -1.90. The third-order valence-electron chi connectivity index (χ3n) is 3.32. The van der Waals surface area contributed by atoms with Crippen LogP contribution in [0.25, 0.3) is 11.0 Å². The van der Waals surface area contributed by atoms with Gasteiger partial charge in [-0.25, -0.2) is 0 Å². The SMILES string of the molecule is CCC(O)c1cc2cc(C3CC3)ccc2o1. The maximum atomic E-state index is 9.73. The first-order chi connectivity index (χ1) is 7.78. The molecule has 0 saturated heterocycles. The lowest BCUT2D eigenvalue weighted by molar-refractivity contribution is 0.148.